The van der Waals surface area contributed by atoms with Crippen molar-refractivity contribution >= 4 is 43.5 Å². The molecule has 0 radical (unpaired) electrons. The minimum Gasteiger partial charge on any atom is -0.388 e. The van der Waals surface area contributed by atoms with Crippen LogP contribution in [0.3, 0.4) is 0 Å². The molecule has 0 amide bonds. The zero-order chi connectivity index (χ0) is 14.6. The van der Waals surface area contributed by atoms with Crippen LogP contribution in [0.4, 0.5) is 0 Å². The van der Waals surface area contributed by atoms with Gasteiger partial charge in [-0.3, -0.25) is 0 Å². The summed E-state index contributed by atoms with van der Waals surface area (Å²) >= 11 is 14.1. The van der Waals surface area contributed by atoms with Crippen LogP contribution in [0, 0.1) is 10.8 Å². The molecule has 5 atom stereocenters. The second kappa shape index (κ2) is 5.00. The van der Waals surface area contributed by atoms with Gasteiger partial charge in [0.1, 0.15) is 0 Å². The van der Waals surface area contributed by atoms with Gasteiger partial charge in [0.05, 0.1) is 15.8 Å². The van der Waals surface area contributed by atoms with E-state index in [0.29, 0.717) is 4.83 Å². The Balaban J connectivity index is 2.45. The number of aliphatic hydroxyl groups is 1. The lowest BCUT2D eigenvalue weighted by atomic mass is 9.50. The molecule has 0 aromatic heterocycles. The quantitative estimate of drug-likeness (QED) is 0.435. The van der Waals surface area contributed by atoms with Gasteiger partial charge in [0.2, 0.25) is 0 Å². The Labute approximate surface area is 138 Å². The van der Waals surface area contributed by atoms with Gasteiger partial charge < -0.3 is 5.11 Å². The van der Waals surface area contributed by atoms with Gasteiger partial charge in [0.25, 0.3) is 0 Å². The lowest BCUT2D eigenvalue weighted by Crippen LogP contribution is -2.56. The van der Waals surface area contributed by atoms with E-state index in [9.17, 15) is 5.11 Å². The highest BCUT2D eigenvalue weighted by Gasteiger charge is 2.58. The molecule has 0 heterocycles. The summed E-state index contributed by atoms with van der Waals surface area (Å²) in [4.78, 5) is 0.218. The summed E-state index contributed by atoms with van der Waals surface area (Å²) in [6, 6.07) is 0. The number of alkyl halides is 3. The summed E-state index contributed by atoms with van der Waals surface area (Å²) in [5.74, 6) is 0. The highest BCUT2D eigenvalue weighted by molar-refractivity contribution is 9.09. The Morgan fingerprint density at radius 3 is 2.37 bits per heavy atom. The van der Waals surface area contributed by atoms with Gasteiger partial charge >= 0.3 is 0 Å². The van der Waals surface area contributed by atoms with Crippen LogP contribution < -0.4 is 0 Å². The highest BCUT2D eigenvalue weighted by Crippen LogP contribution is 2.63. The third kappa shape index (κ3) is 2.37. The van der Waals surface area contributed by atoms with E-state index in [4.69, 9.17) is 11.6 Å². The van der Waals surface area contributed by atoms with Gasteiger partial charge in [0.15, 0.2) is 0 Å². The average molecular weight is 415 g/mol. The van der Waals surface area contributed by atoms with Crippen LogP contribution in [0.2, 0.25) is 0 Å². The molecule has 2 rings (SSSR count). The molecule has 19 heavy (non-hydrogen) atoms. The van der Waals surface area contributed by atoms with Crippen LogP contribution in [0.1, 0.15) is 47.0 Å². The van der Waals surface area contributed by atoms with Crippen molar-refractivity contribution in [1.29, 1.82) is 0 Å². The Hall–Kier alpha value is 0.950. The minimum absolute atomic E-state index is 0.00462. The van der Waals surface area contributed by atoms with Gasteiger partial charge in [0, 0.05) is 4.83 Å². The zero-order valence-corrected chi connectivity index (χ0v) is 15.9. The fourth-order valence-electron chi connectivity index (χ4n) is 3.88. The van der Waals surface area contributed by atoms with Gasteiger partial charge in [-0.05, 0) is 43.9 Å². The Kier molecular flexibility index (Phi) is 4.29. The van der Waals surface area contributed by atoms with Crippen LogP contribution in [-0.2, 0) is 0 Å². The van der Waals surface area contributed by atoms with Crippen molar-refractivity contribution < 1.29 is 5.11 Å². The van der Waals surface area contributed by atoms with Crippen LogP contribution >= 0.6 is 43.5 Å². The molecule has 0 saturated heterocycles. The number of hydrogen-bond donors (Lipinski definition) is 1. The topological polar surface area (TPSA) is 20.2 Å². The lowest BCUT2D eigenvalue weighted by molar-refractivity contribution is 0.0124. The van der Waals surface area contributed by atoms with Crippen molar-refractivity contribution in [2.75, 3.05) is 0 Å². The monoisotopic (exact) mass is 412 g/mol. The first kappa shape index (κ1) is 16.3. The number of allylic oxidation sites excluding steroid dienone is 1. The van der Waals surface area contributed by atoms with E-state index in [-0.39, 0.29) is 20.5 Å². The summed E-state index contributed by atoms with van der Waals surface area (Å²) in [5.41, 5.74) is 1.44. The smallest absolute Gasteiger partial charge is 0.0854 e. The minimum atomic E-state index is -0.404. The van der Waals surface area contributed by atoms with Crippen molar-refractivity contribution in [2.24, 2.45) is 10.8 Å². The number of halogens is 3. The van der Waals surface area contributed by atoms with Crippen LogP contribution in [0.15, 0.2) is 11.6 Å². The molecule has 1 fully saturated rings. The average Bonchev–Trinajstić information content (AvgIpc) is 2.29. The van der Waals surface area contributed by atoms with Crippen molar-refractivity contribution in [2.45, 2.75) is 67.6 Å². The maximum atomic E-state index is 10.2. The predicted molar refractivity (Wildman–Crippen MR) is 89.5 cm³/mol. The van der Waals surface area contributed by atoms with E-state index < -0.39 is 6.10 Å². The first-order valence-corrected chi connectivity index (χ1v) is 9.09. The number of rotatable bonds is 0. The molecule has 1 nitrogen and oxygen atoms in total. The summed E-state index contributed by atoms with van der Waals surface area (Å²) in [5, 5.41) is 10.2. The molecule has 2 aliphatic carbocycles. The normalized spacial score (nSPS) is 50.1. The molecule has 0 aliphatic heterocycles. The Morgan fingerprint density at radius 1 is 1.26 bits per heavy atom. The summed E-state index contributed by atoms with van der Waals surface area (Å²) in [7, 11) is 0. The molecule has 1 spiro atoms. The van der Waals surface area contributed by atoms with Gasteiger partial charge in [-0.25, -0.2) is 0 Å². The molecule has 2 unspecified atom stereocenters. The standard InChI is InChI=1S/C15H23Br2ClO/c1-9-7-10(19)12(17)13(2,3)15(9)6-5-14(4,18)11(16)8-15/h7,10-12,19H,5-6,8H2,1-4H3/t10-,11?,12+,14?,15-/m0/s1. The van der Waals surface area contributed by atoms with Crippen molar-refractivity contribution in [3.63, 3.8) is 0 Å². The molecule has 0 aromatic carbocycles. The van der Waals surface area contributed by atoms with E-state index in [2.05, 4.69) is 59.6 Å². The Bertz CT molecular complexity index is 405. The molecule has 2 aliphatic rings. The second-order valence-corrected chi connectivity index (χ2v) is 9.95. The molecule has 0 bridgehead atoms. The first-order valence-electron chi connectivity index (χ1n) is 6.89. The van der Waals surface area contributed by atoms with Crippen LogP contribution in [0.5, 0.6) is 0 Å². The molecular weight excluding hydrogens is 391 g/mol. The van der Waals surface area contributed by atoms with Gasteiger partial charge in [-0.2, -0.15) is 0 Å². The van der Waals surface area contributed by atoms with Crippen LogP contribution in [0.25, 0.3) is 0 Å². The van der Waals surface area contributed by atoms with Gasteiger partial charge in [-0.1, -0.05) is 57.4 Å². The fourth-order valence-corrected chi connectivity index (χ4v) is 5.42. The molecule has 1 N–H and O–H groups in total. The molecule has 0 aromatic rings. The van der Waals surface area contributed by atoms with E-state index in [1.807, 2.05) is 6.08 Å². The summed E-state index contributed by atoms with van der Waals surface area (Å²) in [6.45, 7) is 8.82. The van der Waals surface area contributed by atoms with E-state index in [1.54, 1.807) is 0 Å². The fraction of sp³-hybridized carbons (Fsp3) is 0.867. The first-order chi connectivity index (χ1) is 8.54. The van der Waals surface area contributed by atoms with E-state index in [0.717, 1.165) is 19.3 Å². The number of hydrogen-bond acceptors (Lipinski definition) is 1. The van der Waals surface area contributed by atoms with Crippen molar-refractivity contribution in [3.8, 4) is 0 Å². The molecule has 4 heteroatoms. The Morgan fingerprint density at radius 2 is 1.84 bits per heavy atom. The maximum Gasteiger partial charge on any atom is 0.0854 e. The molecular formula is C15H23Br2ClO. The molecule has 1 saturated carbocycles. The highest BCUT2D eigenvalue weighted by atomic mass is 79.9. The van der Waals surface area contributed by atoms with Crippen molar-refractivity contribution in [1.82, 2.24) is 0 Å². The summed E-state index contributed by atoms with van der Waals surface area (Å²) < 4.78 is 0. The van der Waals surface area contributed by atoms with Crippen LogP contribution in [-0.4, -0.2) is 25.7 Å². The number of aliphatic hydroxyl groups excluding tert-OH is 1. The zero-order valence-electron chi connectivity index (χ0n) is 12.0. The van der Waals surface area contributed by atoms with Gasteiger partial charge in [-0.15, -0.1) is 11.6 Å². The maximum absolute atomic E-state index is 10.2. The third-order valence-corrected chi connectivity index (χ3v) is 9.36. The largest absolute Gasteiger partial charge is 0.388 e. The SMILES string of the molecule is CC1=C[C@H](O)[C@@H](Br)C(C)(C)[C@]12CCC(C)(Cl)C(Br)C2. The predicted octanol–water partition coefficient (Wildman–Crippen LogP) is 5.03. The van der Waals surface area contributed by atoms with E-state index >= 15 is 0 Å². The lowest BCUT2D eigenvalue weighted by Gasteiger charge is -2.59. The summed E-state index contributed by atoms with van der Waals surface area (Å²) in [6.07, 6.45) is 4.73. The second-order valence-electron chi connectivity index (χ2n) is 7.00. The third-order valence-electron chi connectivity index (χ3n) is 5.62. The van der Waals surface area contributed by atoms with E-state index in [1.165, 1.54) is 5.57 Å². The molecule has 110 valence electrons. The van der Waals surface area contributed by atoms with Crippen molar-refractivity contribution in [3.05, 3.63) is 11.6 Å².